The van der Waals surface area contributed by atoms with E-state index in [9.17, 15) is 5.11 Å². The summed E-state index contributed by atoms with van der Waals surface area (Å²) in [6.07, 6.45) is 7.09. The van der Waals surface area contributed by atoms with E-state index >= 15 is 0 Å². The van der Waals surface area contributed by atoms with Gasteiger partial charge in [0.05, 0.1) is 19.3 Å². The summed E-state index contributed by atoms with van der Waals surface area (Å²) in [5, 5.41) is 10.8. The zero-order chi connectivity index (χ0) is 20.4. The maximum absolute atomic E-state index is 10.5. The molecule has 5 heteroatoms. The van der Waals surface area contributed by atoms with Crippen molar-refractivity contribution in [2.24, 2.45) is 17.8 Å². The number of aliphatic hydroxyl groups is 1. The number of hydrogen-bond acceptors (Lipinski definition) is 4. The minimum Gasteiger partial charge on any atom is -0.417 e. The molecule has 1 aliphatic heterocycles. The highest BCUT2D eigenvalue weighted by Crippen LogP contribution is 2.58. The van der Waals surface area contributed by atoms with Gasteiger partial charge in [0.1, 0.15) is 0 Å². The molecule has 3 aliphatic rings. The van der Waals surface area contributed by atoms with Gasteiger partial charge < -0.3 is 19.0 Å². The Hall–Kier alpha value is -0.383. The summed E-state index contributed by atoms with van der Waals surface area (Å²) in [5.41, 5.74) is 0. The van der Waals surface area contributed by atoms with Gasteiger partial charge >= 0.3 is 0 Å². The molecule has 0 aromatic rings. The predicted molar refractivity (Wildman–Crippen MR) is 114 cm³/mol. The van der Waals surface area contributed by atoms with Crippen LogP contribution in [0.25, 0.3) is 0 Å². The van der Waals surface area contributed by atoms with E-state index in [1.165, 1.54) is 12.8 Å². The van der Waals surface area contributed by atoms with E-state index in [4.69, 9.17) is 13.9 Å². The van der Waals surface area contributed by atoms with Gasteiger partial charge in [0.25, 0.3) is 0 Å². The van der Waals surface area contributed by atoms with Crippen LogP contribution in [0.4, 0.5) is 0 Å². The van der Waals surface area contributed by atoms with E-state index < -0.39 is 8.32 Å². The van der Waals surface area contributed by atoms with Gasteiger partial charge in [-0.05, 0) is 43.3 Å². The normalized spacial score (nSPS) is 31.4. The van der Waals surface area contributed by atoms with Crippen molar-refractivity contribution in [3.63, 3.8) is 0 Å². The van der Waals surface area contributed by atoms with Crippen LogP contribution in [0.1, 0.15) is 65.7 Å². The number of ether oxygens (including phenoxy) is 2. The second-order valence-corrected chi connectivity index (χ2v) is 15.2. The van der Waals surface area contributed by atoms with Crippen LogP contribution in [0.3, 0.4) is 0 Å². The molecular weight excluding hydrogens is 368 g/mol. The molecule has 160 valence electrons. The van der Waals surface area contributed by atoms with Gasteiger partial charge in [0, 0.05) is 31.3 Å². The van der Waals surface area contributed by atoms with Crippen molar-refractivity contribution >= 4 is 8.32 Å². The zero-order valence-corrected chi connectivity index (χ0v) is 19.6. The zero-order valence-electron chi connectivity index (χ0n) is 18.6. The van der Waals surface area contributed by atoms with Crippen molar-refractivity contribution in [2.75, 3.05) is 19.8 Å². The van der Waals surface area contributed by atoms with Crippen LogP contribution in [-0.2, 0) is 13.9 Å². The Bertz CT molecular complexity index is 580. The molecule has 3 fully saturated rings. The second kappa shape index (κ2) is 8.77. The SMILES string of the molecule is CC(C)(C)[Si](C)(C)OCCCCCCC#C[C@@H]1CC2C(CC23OCCO3)C1O. The summed E-state index contributed by atoms with van der Waals surface area (Å²) < 4.78 is 17.9. The fraction of sp³-hybridized carbons (Fsp3) is 0.913. The van der Waals surface area contributed by atoms with E-state index in [0.29, 0.717) is 30.1 Å². The van der Waals surface area contributed by atoms with E-state index in [0.717, 1.165) is 38.7 Å². The molecule has 28 heavy (non-hydrogen) atoms. The second-order valence-electron chi connectivity index (χ2n) is 10.4. The van der Waals surface area contributed by atoms with Gasteiger partial charge in [0.2, 0.25) is 0 Å². The molecule has 1 spiro atoms. The first-order valence-corrected chi connectivity index (χ1v) is 14.2. The minimum atomic E-state index is -1.59. The quantitative estimate of drug-likeness (QED) is 0.376. The smallest absolute Gasteiger partial charge is 0.191 e. The molecule has 3 unspecified atom stereocenters. The highest BCUT2D eigenvalue weighted by Gasteiger charge is 2.64. The van der Waals surface area contributed by atoms with Gasteiger partial charge in [-0.1, -0.05) is 39.5 Å². The Kier molecular flexibility index (Phi) is 6.99. The topological polar surface area (TPSA) is 47.9 Å². The molecule has 3 rings (SSSR count). The van der Waals surface area contributed by atoms with Crippen LogP contribution in [0.15, 0.2) is 0 Å². The fourth-order valence-electron chi connectivity index (χ4n) is 4.58. The molecule has 1 heterocycles. The van der Waals surface area contributed by atoms with Crippen molar-refractivity contribution in [3.8, 4) is 11.8 Å². The Morgan fingerprint density at radius 3 is 2.46 bits per heavy atom. The average Bonchev–Trinajstić information content (AvgIpc) is 3.19. The highest BCUT2D eigenvalue weighted by atomic mass is 28.4. The molecular formula is C23H40O4Si. The van der Waals surface area contributed by atoms with Crippen molar-refractivity contribution in [3.05, 3.63) is 0 Å². The van der Waals surface area contributed by atoms with E-state index in [1.807, 2.05) is 0 Å². The average molecular weight is 409 g/mol. The number of fused-ring (bicyclic) bond motifs is 2. The lowest BCUT2D eigenvalue weighted by atomic mass is 9.69. The number of hydrogen-bond donors (Lipinski definition) is 1. The monoisotopic (exact) mass is 408 g/mol. The van der Waals surface area contributed by atoms with Crippen molar-refractivity contribution in [1.82, 2.24) is 0 Å². The van der Waals surface area contributed by atoms with E-state index in [2.05, 4.69) is 45.7 Å². The standard InChI is InChI=1S/C23H40O4Si/c1-22(2,3)28(4,5)27-13-11-9-7-6-8-10-12-18-16-20-19(21(18)24)17-23(20)25-14-15-26-23/h18-21,24H,6-9,11,13-17H2,1-5H3/t18-,19?,20?,21?/m1/s1. The van der Waals surface area contributed by atoms with Crippen LogP contribution in [0.2, 0.25) is 18.1 Å². The van der Waals surface area contributed by atoms with E-state index in [1.54, 1.807) is 0 Å². The van der Waals surface area contributed by atoms with Gasteiger partial charge in [-0.25, -0.2) is 0 Å². The third-order valence-corrected chi connectivity index (χ3v) is 12.0. The Labute approximate surface area is 172 Å². The van der Waals surface area contributed by atoms with Crippen LogP contribution in [0, 0.1) is 29.6 Å². The maximum atomic E-state index is 10.5. The lowest BCUT2D eigenvalue weighted by Crippen LogP contribution is -2.54. The lowest BCUT2D eigenvalue weighted by Gasteiger charge is -2.48. The molecule has 2 saturated carbocycles. The van der Waals surface area contributed by atoms with Crippen LogP contribution in [-0.4, -0.2) is 45.1 Å². The number of aliphatic hydroxyl groups excluding tert-OH is 1. The number of rotatable bonds is 7. The third kappa shape index (κ3) is 4.68. The van der Waals surface area contributed by atoms with Gasteiger partial charge in [-0.2, -0.15) is 0 Å². The van der Waals surface area contributed by atoms with Crippen molar-refractivity contribution in [1.29, 1.82) is 0 Å². The minimum absolute atomic E-state index is 0.0974. The Balaban J connectivity index is 1.27. The molecule has 4 atom stereocenters. The Morgan fingerprint density at radius 2 is 1.79 bits per heavy atom. The summed E-state index contributed by atoms with van der Waals surface area (Å²) in [4.78, 5) is 0. The number of unbranched alkanes of at least 4 members (excludes halogenated alkanes) is 4. The summed E-state index contributed by atoms with van der Waals surface area (Å²) in [7, 11) is -1.59. The lowest BCUT2D eigenvalue weighted by molar-refractivity contribution is -0.275. The first-order valence-electron chi connectivity index (χ1n) is 11.2. The van der Waals surface area contributed by atoms with Gasteiger partial charge in [0.15, 0.2) is 14.1 Å². The summed E-state index contributed by atoms with van der Waals surface area (Å²) >= 11 is 0. The highest BCUT2D eigenvalue weighted by molar-refractivity contribution is 6.74. The van der Waals surface area contributed by atoms with Crippen molar-refractivity contribution < 1.29 is 19.0 Å². The first kappa shape index (κ1) is 22.3. The molecule has 4 nitrogen and oxygen atoms in total. The van der Waals surface area contributed by atoms with Crippen LogP contribution < -0.4 is 0 Å². The summed E-state index contributed by atoms with van der Waals surface area (Å²) in [6, 6.07) is 0. The maximum Gasteiger partial charge on any atom is 0.191 e. The first-order chi connectivity index (χ1) is 13.2. The van der Waals surface area contributed by atoms with Crippen LogP contribution >= 0.6 is 0 Å². The molecule has 0 bridgehead atoms. The molecule has 0 amide bonds. The molecule has 1 saturated heterocycles. The van der Waals surface area contributed by atoms with Crippen LogP contribution in [0.5, 0.6) is 0 Å². The molecule has 0 radical (unpaired) electrons. The molecule has 2 aliphatic carbocycles. The van der Waals surface area contributed by atoms with E-state index in [-0.39, 0.29) is 17.8 Å². The van der Waals surface area contributed by atoms with Gasteiger partial charge in [-0.3, -0.25) is 0 Å². The van der Waals surface area contributed by atoms with Gasteiger partial charge in [-0.15, -0.1) is 5.92 Å². The molecule has 0 aromatic heterocycles. The largest absolute Gasteiger partial charge is 0.417 e. The Morgan fingerprint density at radius 1 is 1.11 bits per heavy atom. The summed E-state index contributed by atoms with van der Waals surface area (Å²) in [6.45, 7) is 13.8. The fourth-order valence-corrected chi connectivity index (χ4v) is 5.66. The predicted octanol–water partition coefficient (Wildman–Crippen LogP) is 4.72. The third-order valence-electron chi connectivity index (χ3n) is 7.49. The summed E-state index contributed by atoms with van der Waals surface area (Å²) in [5.74, 6) is 7.04. The van der Waals surface area contributed by atoms with Crippen molar-refractivity contribution in [2.45, 2.75) is 95.7 Å². The molecule has 0 aromatic carbocycles. The molecule has 1 N–H and O–H groups in total.